The minimum absolute atomic E-state index is 0.380. The van der Waals surface area contributed by atoms with Crippen LogP contribution in [0.25, 0.3) is 0 Å². The van der Waals surface area contributed by atoms with Crippen LogP contribution in [0.15, 0.2) is 24.3 Å². The van der Waals surface area contributed by atoms with Crippen molar-refractivity contribution in [2.45, 2.75) is 13.0 Å². The Kier molecular flexibility index (Phi) is 3.62. The molecular weight excluding hydrogens is 184 g/mol. The summed E-state index contributed by atoms with van der Waals surface area (Å²) in [5.41, 5.74) is 1.27. The molecule has 0 bridgehead atoms. The van der Waals surface area contributed by atoms with E-state index in [0.717, 1.165) is 5.56 Å². The molecule has 0 spiro atoms. The topological polar surface area (TPSA) is 55.8 Å². The van der Waals surface area contributed by atoms with Crippen molar-refractivity contribution in [1.82, 2.24) is 0 Å². The molecule has 0 saturated carbocycles. The SMILES string of the molecule is COC(=O)c1ccc(C(C)OO)cc1. The van der Waals surface area contributed by atoms with Crippen molar-refractivity contribution in [3.05, 3.63) is 35.4 Å². The molecule has 4 nitrogen and oxygen atoms in total. The Morgan fingerprint density at radius 2 is 1.93 bits per heavy atom. The lowest BCUT2D eigenvalue weighted by Gasteiger charge is -2.07. The Labute approximate surface area is 82.0 Å². The Morgan fingerprint density at radius 3 is 2.36 bits per heavy atom. The molecule has 1 atom stereocenters. The van der Waals surface area contributed by atoms with Gasteiger partial charge in [-0.1, -0.05) is 12.1 Å². The second kappa shape index (κ2) is 4.74. The zero-order chi connectivity index (χ0) is 10.6. The first-order valence-electron chi connectivity index (χ1n) is 4.17. The fraction of sp³-hybridized carbons (Fsp3) is 0.300. The van der Waals surface area contributed by atoms with Gasteiger partial charge in [0.25, 0.3) is 0 Å². The summed E-state index contributed by atoms with van der Waals surface area (Å²) in [5.74, 6) is -0.380. The number of methoxy groups -OCH3 is 1. The lowest BCUT2D eigenvalue weighted by atomic mass is 10.1. The minimum atomic E-state index is -0.401. The van der Waals surface area contributed by atoms with Crippen molar-refractivity contribution in [1.29, 1.82) is 0 Å². The number of carbonyl (C=O) groups excluding carboxylic acids is 1. The highest BCUT2D eigenvalue weighted by Crippen LogP contribution is 2.16. The lowest BCUT2D eigenvalue weighted by Crippen LogP contribution is -2.02. The Balaban J connectivity index is 2.83. The maximum Gasteiger partial charge on any atom is 0.337 e. The summed E-state index contributed by atoms with van der Waals surface area (Å²) in [7, 11) is 1.33. The number of benzene rings is 1. The average Bonchev–Trinajstić information content (AvgIpc) is 2.27. The van der Waals surface area contributed by atoms with E-state index in [1.165, 1.54) is 7.11 Å². The van der Waals surface area contributed by atoms with E-state index in [1.54, 1.807) is 31.2 Å². The zero-order valence-electron chi connectivity index (χ0n) is 8.06. The molecule has 1 N–H and O–H groups in total. The third-order valence-electron chi connectivity index (χ3n) is 1.96. The van der Waals surface area contributed by atoms with Crippen molar-refractivity contribution in [3.63, 3.8) is 0 Å². The Hall–Kier alpha value is -1.39. The number of rotatable bonds is 3. The second-order valence-corrected chi connectivity index (χ2v) is 2.86. The van der Waals surface area contributed by atoms with Crippen LogP contribution in [-0.2, 0) is 9.62 Å². The molecule has 0 aromatic heterocycles. The van der Waals surface area contributed by atoms with Gasteiger partial charge in [0.1, 0.15) is 6.10 Å². The third-order valence-corrected chi connectivity index (χ3v) is 1.96. The smallest absolute Gasteiger partial charge is 0.337 e. The molecule has 1 aromatic rings. The van der Waals surface area contributed by atoms with E-state index in [4.69, 9.17) is 5.26 Å². The first-order chi connectivity index (χ1) is 6.69. The first-order valence-corrected chi connectivity index (χ1v) is 4.17. The largest absolute Gasteiger partial charge is 0.465 e. The molecule has 1 rings (SSSR count). The standard InChI is InChI=1S/C10H12O4/c1-7(14-12)8-3-5-9(6-4-8)10(11)13-2/h3-7,12H,1-2H3. The van der Waals surface area contributed by atoms with Gasteiger partial charge in [0.2, 0.25) is 0 Å². The van der Waals surface area contributed by atoms with Gasteiger partial charge < -0.3 is 4.74 Å². The minimum Gasteiger partial charge on any atom is -0.465 e. The fourth-order valence-corrected chi connectivity index (χ4v) is 1.07. The number of hydrogen-bond acceptors (Lipinski definition) is 4. The van der Waals surface area contributed by atoms with Crippen molar-refractivity contribution in [2.75, 3.05) is 7.11 Å². The molecule has 0 amide bonds. The number of carbonyl (C=O) groups is 1. The molecular formula is C10H12O4. The third kappa shape index (κ3) is 2.31. The van der Waals surface area contributed by atoms with Gasteiger partial charge in [-0.2, -0.15) is 0 Å². The molecule has 0 fully saturated rings. The van der Waals surface area contributed by atoms with Crippen LogP contribution in [0.3, 0.4) is 0 Å². The number of ether oxygens (including phenoxy) is 1. The highest BCUT2D eigenvalue weighted by molar-refractivity contribution is 5.89. The van der Waals surface area contributed by atoms with E-state index in [0.29, 0.717) is 5.56 Å². The van der Waals surface area contributed by atoms with E-state index in [9.17, 15) is 4.79 Å². The summed E-state index contributed by atoms with van der Waals surface area (Å²) in [6.07, 6.45) is -0.401. The summed E-state index contributed by atoms with van der Waals surface area (Å²) < 4.78 is 4.54. The van der Waals surface area contributed by atoms with E-state index >= 15 is 0 Å². The molecule has 14 heavy (non-hydrogen) atoms. The summed E-state index contributed by atoms with van der Waals surface area (Å²) >= 11 is 0. The summed E-state index contributed by atoms with van der Waals surface area (Å²) in [6, 6.07) is 6.65. The lowest BCUT2D eigenvalue weighted by molar-refractivity contribution is -0.277. The molecule has 4 heteroatoms. The molecule has 0 radical (unpaired) electrons. The summed E-state index contributed by atoms with van der Waals surface area (Å²) in [4.78, 5) is 15.2. The average molecular weight is 196 g/mol. The van der Waals surface area contributed by atoms with Crippen LogP contribution in [-0.4, -0.2) is 18.3 Å². The van der Waals surface area contributed by atoms with Gasteiger partial charge in [-0.05, 0) is 24.6 Å². The van der Waals surface area contributed by atoms with E-state index in [-0.39, 0.29) is 5.97 Å². The van der Waals surface area contributed by atoms with Crippen molar-refractivity contribution < 1.29 is 19.7 Å². The molecule has 76 valence electrons. The van der Waals surface area contributed by atoms with Gasteiger partial charge in [0.15, 0.2) is 0 Å². The van der Waals surface area contributed by atoms with E-state index < -0.39 is 6.10 Å². The van der Waals surface area contributed by atoms with Gasteiger partial charge >= 0.3 is 5.97 Å². The first kappa shape index (κ1) is 10.7. The molecule has 0 heterocycles. The quantitative estimate of drug-likeness (QED) is 0.456. The molecule has 1 aromatic carbocycles. The Morgan fingerprint density at radius 1 is 1.36 bits per heavy atom. The van der Waals surface area contributed by atoms with Gasteiger partial charge in [0, 0.05) is 0 Å². The highest BCUT2D eigenvalue weighted by Gasteiger charge is 2.08. The number of esters is 1. The predicted octanol–water partition coefficient (Wildman–Crippen LogP) is 2.02. The van der Waals surface area contributed by atoms with E-state index in [1.807, 2.05) is 0 Å². The van der Waals surface area contributed by atoms with Gasteiger partial charge in [0.05, 0.1) is 12.7 Å². The van der Waals surface area contributed by atoms with Crippen LogP contribution in [0.1, 0.15) is 28.9 Å². The second-order valence-electron chi connectivity index (χ2n) is 2.86. The molecule has 1 unspecified atom stereocenters. The predicted molar refractivity (Wildman–Crippen MR) is 49.9 cm³/mol. The van der Waals surface area contributed by atoms with Crippen molar-refractivity contribution in [2.24, 2.45) is 0 Å². The van der Waals surface area contributed by atoms with Gasteiger partial charge in [-0.25, -0.2) is 9.68 Å². The van der Waals surface area contributed by atoms with Crippen LogP contribution in [0.5, 0.6) is 0 Å². The van der Waals surface area contributed by atoms with E-state index in [2.05, 4.69) is 9.62 Å². The van der Waals surface area contributed by atoms with Gasteiger partial charge in [-0.15, -0.1) is 0 Å². The monoisotopic (exact) mass is 196 g/mol. The van der Waals surface area contributed by atoms with Crippen LogP contribution in [0.4, 0.5) is 0 Å². The summed E-state index contributed by atoms with van der Waals surface area (Å²) in [5, 5.41) is 8.42. The molecule has 0 aliphatic heterocycles. The number of hydrogen-bond donors (Lipinski definition) is 1. The summed E-state index contributed by atoms with van der Waals surface area (Å²) in [6.45, 7) is 1.70. The van der Waals surface area contributed by atoms with Crippen LogP contribution >= 0.6 is 0 Å². The Bertz CT molecular complexity index is 304. The zero-order valence-corrected chi connectivity index (χ0v) is 8.06. The maximum absolute atomic E-state index is 11.1. The molecule has 0 aliphatic carbocycles. The maximum atomic E-state index is 11.1. The normalized spacial score (nSPS) is 12.2. The van der Waals surface area contributed by atoms with Crippen LogP contribution < -0.4 is 0 Å². The van der Waals surface area contributed by atoms with Crippen molar-refractivity contribution in [3.8, 4) is 0 Å². The highest BCUT2D eigenvalue weighted by atomic mass is 17.1. The fourth-order valence-electron chi connectivity index (χ4n) is 1.07. The van der Waals surface area contributed by atoms with Gasteiger partial charge in [-0.3, -0.25) is 5.26 Å². The van der Waals surface area contributed by atoms with Crippen LogP contribution in [0.2, 0.25) is 0 Å². The molecule has 0 saturated heterocycles. The van der Waals surface area contributed by atoms with Crippen molar-refractivity contribution >= 4 is 5.97 Å². The molecule has 0 aliphatic rings. The van der Waals surface area contributed by atoms with Crippen LogP contribution in [0, 0.1) is 0 Å².